The van der Waals surface area contributed by atoms with Crippen molar-refractivity contribution in [2.24, 2.45) is 0 Å². The molecule has 0 N–H and O–H groups in total. The molecule has 0 spiro atoms. The molecule has 0 amide bonds. The quantitative estimate of drug-likeness (QED) is 0.214. The van der Waals surface area contributed by atoms with Crippen LogP contribution in [0.25, 0.3) is 21.5 Å². The summed E-state index contributed by atoms with van der Waals surface area (Å²) in [5.74, 6) is -38.6. The summed E-state index contributed by atoms with van der Waals surface area (Å²) < 4.78 is 220. The van der Waals surface area contributed by atoms with Crippen molar-refractivity contribution in [2.45, 2.75) is 42.0 Å². The molecule has 16 heteroatoms. The van der Waals surface area contributed by atoms with E-state index in [4.69, 9.17) is 0 Å². The van der Waals surface area contributed by atoms with E-state index in [1.165, 1.54) is 0 Å². The van der Waals surface area contributed by atoms with E-state index in [0.29, 0.717) is 36.4 Å². The van der Waals surface area contributed by atoms with Gasteiger partial charge in [-0.05, 0) is 21.5 Å². The summed E-state index contributed by atoms with van der Waals surface area (Å²) in [6, 6.07) is 4.45. The Kier molecular flexibility index (Phi) is 6.21. The van der Waals surface area contributed by atoms with Crippen LogP contribution in [-0.4, -0.2) is 29.9 Å². The molecule has 0 aromatic heterocycles. The molecular weight excluding hydrogens is 556 g/mol. The molecule has 3 rings (SSSR count). The van der Waals surface area contributed by atoms with Gasteiger partial charge in [-0.2, -0.15) is 70.2 Å². The minimum Gasteiger partial charge on any atom is -0.194 e. The van der Waals surface area contributed by atoms with E-state index < -0.39 is 74.6 Å². The Hall–Kier alpha value is -2.94. The molecule has 204 valence electrons. The van der Waals surface area contributed by atoms with Gasteiger partial charge in [0.1, 0.15) is 0 Å². The van der Waals surface area contributed by atoms with Crippen LogP contribution < -0.4 is 0 Å². The van der Waals surface area contributed by atoms with Crippen molar-refractivity contribution in [3.8, 4) is 0 Å². The number of rotatable bonds is 5. The van der Waals surface area contributed by atoms with Gasteiger partial charge in [0, 0.05) is 5.56 Å². The van der Waals surface area contributed by atoms with Crippen LogP contribution in [0.15, 0.2) is 48.5 Å². The number of fused-ring (bicyclic) bond motifs is 2. The largest absolute Gasteiger partial charge is 0.460 e. The summed E-state index contributed by atoms with van der Waals surface area (Å²) in [5, 5.41) is -5.65. The summed E-state index contributed by atoms with van der Waals surface area (Å²) in [7, 11) is 0. The van der Waals surface area contributed by atoms with Gasteiger partial charge >= 0.3 is 42.0 Å². The van der Waals surface area contributed by atoms with Crippen LogP contribution in [0.5, 0.6) is 0 Å². The zero-order valence-corrected chi connectivity index (χ0v) is 17.2. The van der Waals surface area contributed by atoms with Crippen LogP contribution in [0.2, 0.25) is 0 Å². The van der Waals surface area contributed by atoms with Gasteiger partial charge < -0.3 is 0 Å². The van der Waals surface area contributed by atoms with Crippen molar-refractivity contribution < 1.29 is 70.2 Å². The predicted molar refractivity (Wildman–Crippen MR) is 96.2 cm³/mol. The third-order valence-corrected chi connectivity index (χ3v) is 5.46. The maximum absolute atomic E-state index is 15.2. The van der Waals surface area contributed by atoms with Gasteiger partial charge in [0.05, 0.1) is 5.56 Å². The monoisotopic (exact) mass is 564 g/mol. The second kappa shape index (κ2) is 8.03. The topological polar surface area (TPSA) is 0 Å². The number of alkyl halides is 16. The summed E-state index contributed by atoms with van der Waals surface area (Å²) >= 11 is 0. The van der Waals surface area contributed by atoms with Crippen molar-refractivity contribution in [2.75, 3.05) is 0 Å². The zero-order valence-electron chi connectivity index (χ0n) is 17.2. The Morgan fingerprint density at radius 2 is 0.649 bits per heavy atom. The molecule has 0 atom stereocenters. The first-order chi connectivity index (χ1) is 16.5. The Balaban J connectivity index is 2.45. The lowest BCUT2D eigenvalue weighted by molar-refractivity contribution is -0.441. The molecule has 0 aliphatic heterocycles. The lowest BCUT2D eigenvalue weighted by atomic mass is 9.84. The highest BCUT2D eigenvalue weighted by Crippen LogP contribution is 2.63. The molecule has 0 saturated carbocycles. The minimum atomic E-state index is -8.14. The third kappa shape index (κ3) is 3.76. The molecule has 0 heterocycles. The van der Waals surface area contributed by atoms with E-state index in [2.05, 4.69) is 0 Å². The molecule has 0 aliphatic rings. The van der Waals surface area contributed by atoms with Crippen LogP contribution in [-0.2, 0) is 12.1 Å². The van der Waals surface area contributed by atoms with Crippen LogP contribution >= 0.6 is 0 Å². The van der Waals surface area contributed by atoms with Gasteiger partial charge in [-0.1, -0.05) is 48.5 Å². The number of halogens is 16. The number of benzene rings is 3. The second-order valence-electron chi connectivity index (χ2n) is 7.71. The molecule has 0 aliphatic carbocycles. The number of hydrogen-bond donors (Lipinski definition) is 0. The highest BCUT2D eigenvalue weighted by molar-refractivity contribution is 6.06. The molecule has 0 bridgehead atoms. The minimum absolute atomic E-state index is 0.303. The summed E-state index contributed by atoms with van der Waals surface area (Å²) in [5.41, 5.74) is -4.15. The van der Waals surface area contributed by atoms with Crippen LogP contribution in [0.4, 0.5) is 70.2 Å². The average Bonchev–Trinajstić information content (AvgIpc) is 2.74. The van der Waals surface area contributed by atoms with Gasteiger partial charge in [-0.15, -0.1) is 0 Å². The molecule has 0 radical (unpaired) electrons. The van der Waals surface area contributed by atoms with Crippen LogP contribution in [0.3, 0.4) is 0 Å². The zero-order chi connectivity index (χ0) is 28.6. The Labute approximate surface area is 194 Å². The second-order valence-corrected chi connectivity index (χ2v) is 7.71. The molecule has 3 aromatic carbocycles. The lowest BCUT2D eigenvalue weighted by Crippen LogP contribution is -2.69. The Morgan fingerprint density at radius 1 is 0.351 bits per heavy atom. The first-order valence-corrected chi connectivity index (χ1v) is 9.43. The molecule has 37 heavy (non-hydrogen) atoms. The van der Waals surface area contributed by atoms with E-state index in [1.807, 2.05) is 0 Å². The molecule has 0 unspecified atom stereocenters. The van der Waals surface area contributed by atoms with Crippen LogP contribution in [0.1, 0.15) is 11.1 Å². The van der Waals surface area contributed by atoms with Crippen LogP contribution in [0, 0.1) is 0 Å². The maximum Gasteiger partial charge on any atom is 0.460 e. The van der Waals surface area contributed by atoms with Crippen molar-refractivity contribution in [1.29, 1.82) is 0 Å². The van der Waals surface area contributed by atoms with E-state index in [1.54, 1.807) is 0 Å². The SMILES string of the molecule is FC(F)(F)c1c2ccccc2c(C(F)(F)C(F)(F)C(F)(F)C(F)(F)C(F)(F)C(F)(F)F)c2ccccc12. The fraction of sp³-hybridized carbons (Fsp3) is 0.333. The predicted octanol–water partition coefficient (Wildman–Crippen LogP) is 9.21. The van der Waals surface area contributed by atoms with E-state index >= 15 is 8.78 Å². The maximum atomic E-state index is 15.2. The first-order valence-electron chi connectivity index (χ1n) is 9.43. The van der Waals surface area contributed by atoms with Gasteiger partial charge in [0.15, 0.2) is 0 Å². The van der Waals surface area contributed by atoms with E-state index in [0.717, 1.165) is 12.1 Å². The highest BCUT2D eigenvalue weighted by Gasteiger charge is 2.91. The Morgan fingerprint density at radius 3 is 0.946 bits per heavy atom. The Bertz CT molecular complexity index is 1270. The molecule has 0 nitrogen and oxygen atoms in total. The average molecular weight is 564 g/mol. The van der Waals surface area contributed by atoms with Gasteiger partial charge in [0.2, 0.25) is 0 Å². The van der Waals surface area contributed by atoms with Crippen molar-refractivity contribution in [1.82, 2.24) is 0 Å². The summed E-state index contributed by atoms with van der Waals surface area (Å²) in [6.07, 6.45) is -13.0. The molecular formula is C21H8F16. The third-order valence-electron chi connectivity index (χ3n) is 5.46. The van der Waals surface area contributed by atoms with Crippen molar-refractivity contribution in [3.05, 3.63) is 59.7 Å². The summed E-state index contributed by atoms with van der Waals surface area (Å²) in [4.78, 5) is 0. The fourth-order valence-electron chi connectivity index (χ4n) is 3.70. The van der Waals surface area contributed by atoms with Gasteiger partial charge in [0.25, 0.3) is 0 Å². The van der Waals surface area contributed by atoms with E-state index in [-0.39, 0.29) is 0 Å². The van der Waals surface area contributed by atoms with Crippen molar-refractivity contribution in [3.63, 3.8) is 0 Å². The van der Waals surface area contributed by atoms with Gasteiger partial charge in [-0.3, -0.25) is 0 Å². The van der Waals surface area contributed by atoms with E-state index in [9.17, 15) is 61.5 Å². The smallest absolute Gasteiger partial charge is 0.194 e. The summed E-state index contributed by atoms with van der Waals surface area (Å²) in [6.45, 7) is 0. The van der Waals surface area contributed by atoms with Crippen molar-refractivity contribution >= 4 is 21.5 Å². The molecule has 3 aromatic rings. The molecule has 0 saturated heterocycles. The first kappa shape index (κ1) is 28.6. The normalized spacial score (nSPS) is 15.0. The highest BCUT2D eigenvalue weighted by atomic mass is 19.4. The lowest BCUT2D eigenvalue weighted by Gasteiger charge is -2.40. The fourth-order valence-corrected chi connectivity index (χ4v) is 3.70. The number of hydrogen-bond acceptors (Lipinski definition) is 0. The van der Waals surface area contributed by atoms with Gasteiger partial charge in [-0.25, -0.2) is 0 Å². The standard InChI is InChI=1S/C21H8F16/c22-15(23,17(27,28)18(29,30)19(31,32)20(33,34)21(35,36)37)13-9-5-1-3-7-11(9)14(16(24,25)26)12-8-4-2-6-10(12)13/h1-8H. The molecule has 0 fully saturated rings.